The minimum atomic E-state index is -4.76. The van der Waals surface area contributed by atoms with Crippen LogP contribution >= 0.6 is 46.2 Å². The molecule has 0 radical (unpaired) electrons. The molecule has 8 heterocycles. The van der Waals surface area contributed by atoms with Gasteiger partial charge in [0.1, 0.15) is 35.3 Å². The number of nitrogens with one attached hydrogen (secondary N) is 2. The zero-order chi connectivity index (χ0) is 48.8. The van der Waals surface area contributed by atoms with Crippen molar-refractivity contribution >= 4 is 75.7 Å². The molecule has 0 unspecified atom stereocenters. The molecule has 0 fully saturated rings. The Morgan fingerprint density at radius 1 is 0.870 bits per heavy atom. The van der Waals surface area contributed by atoms with Crippen LogP contribution in [0.4, 0.5) is 13.2 Å². The summed E-state index contributed by atoms with van der Waals surface area (Å²) in [6, 6.07) is 17.6. The van der Waals surface area contributed by atoms with Crippen LogP contribution in [-0.2, 0) is 35.5 Å². The van der Waals surface area contributed by atoms with E-state index in [4.69, 9.17) is 40.5 Å². The number of hydrogen-bond donors (Lipinski definition) is 1. The van der Waals surface area contributed by atoms with E-state index in [-0.39, 0.29) is 30.9 Å². The monoisotopic (exact) mass is 1090 g/mol. The van der Waals surface area contributed by atoms with Gasteiger partial charge in [0.25, 0.3) is 12.9 Å². The van der Waals surface area contributed by atoms with Crippen molar-refractivity contribution in [3.8, 4) is 88.9 Å². The zero-order valence-electron chi connectivity index (χ0n) is 36.4. The van der Waals surface area contributed by atoms with Crippen LogP contribution in [0.2, 0.25) is 0 Å². The van der Waals surface area contributed by atoms with Gasteiger partial charge in [-0.2, -0.15) is 29.7 Å². The number of carbonyl (C=O) groups is 2. The summed E-state index contributed by atoms with van der Waals surface area (Å²) in [5, 5.41) is 19.5. The molecule has 0 saturated carbocycles. The third-order valence-corrected chi connectivity index (χ3v) is 12.4. The Hall–Kier alpha value is -6.78. The van der Waals surface area contributed by atoms with Gasteiger partial charge >= 0.3 is 25.7 Å². The fraction of sp³-hybridized carbons (Fsp3) is 0.167. The summed E-state index contributed by atoms with van der Waals surface area (Å²) in [5.41, 5.74) is 11.7. The largest absolute Gasteiger partial charge is 2.00 e. The molecule has 7 aromatic rings. The summed E-state index contributed by atoms with van der Waals surface area (Å²) in [5.74, 6) is 8.58. The second-order valence-corrected chi connectivity index (χ2v) is 17.4. The molecule has 13 nitrogen and oxygen atoms in total. The molecule has 0 atom stereocenters. The Labute approximate surface area is 424 Å². The van der Waals surface area contributed by atoms with Crippen molar-refractivity contribution in [1.82, 2.24) is 19.9 Å². The van der Waals surface area contributed by atoms with Gasteiger partial charge in [0, 0.05) is 52.2 Å². The van der Waals surface area contributed by atoms with Crippen LogP contribution in [0.3, 0.4) is 0 Å². The molecule has 21 heteroatoms. The Balaban J connectivity index is 0.000000271. The molecule has 69 heavy (non-hydrogen) atoms. The predicted molar refractivity (Wildman–Crippen MR) is 262 cm³/mol. The van der Waals surface area contributed by atoms with Crippen molar-refractivity contribution in [2.45, 2.75) is 33.4 Å². The summed E-state index contributed by atoms with van der Waals surface area (Å²) in [4.78, 5) is 43.3. The van der Waals surface area contributed by atoms with E-state index in [1.165, 1.54) is 23.1 Å². The smallest absolute Gasteiger partial charge is 0.753 e. The van der Waals surface area contributed by atoms with Gasteiger partial charge in [0.2, 0.25) is 0 Å². The first kappa shape index (κ1) is 53.2. The second-order valence-electron chi connectivity index (χ2n) is 14.4. The van der Waals surface area contributed by atoms with E-state index >= 15 is 0 Å². The van der Waals surface area contributed by atoms with Crippen LogP contribution in [0, 0.1) is 23.2 Å². The van der Waals surface area contributed by atoms with E-state index in [9.17, 15) is 22.8 Å². The standard InChI is InChI=1S/C30H19N3O6S2.C17H17F3N3S.CNS.Ru/c1-2-3-26-28-29(37-11-10-36-28)30(41-26)27-5-4-25(40-27)18-6-8-31-21(12-18)23-14-20(39-17-35)15-24(33-23)22-13-19(38-16-34)7-9-32-22;1-10(2)5-12-8-24-9-13(12)11-3-4-23-15(6-11)14(21)7-16(22)17(18,19)20;2-1-3;/h4-9,12-17H,10-11H2,1H3;3-4,6-10,21-22H,5H2,1-2H3;;/q;2*-1;+2/b;14-7-,22-16?;;. The molecule has 0 aromatic carbocycles. The van der Waals surface area contributed by atoms with Gasteiger partial charge in [-0.25, -0.2) is 4.98 Å². The molecule has 8 rings (SSSR count). The number of carbonyl (C=O) groups excluding carboxylic acids is 2. The molecule has 0 bridgehead atoms. The third-order valence-electron chi connectivity index (χ3n) is 9.25. The fourth-order valence-corrected chi connectivity index (χ4v) is 9.52. The topological polar surface area (TPSA) is 193 Å². The van der Waals surface area contributed by atoms with Crippen LogP contribution in [0.1, 0.15) is 36.9 Å². The average Bonchev–Trinajstić information content (AvgIpc) is 4.09. The molecule has 0 saturated heterocycles. The minimum Gasteiger partial charge on any atom is -0.753 e. The van der Waals surface area contributed by atoms with Gasteiger partial charge in [0.05, 0.1) is 27.7 Å². The number of halogens is 3. The molecular formula is C48H36F3N7O6RuS4. The molecule has 1 aliphatic heterocycles. The third kappa shape index (κ3) is 13.9. The average molecular weight is 1090 g/mol. The van der Waals surface area contributed by atoms with Crippen molar-refractivity contribution in [2.24, 2.45) is 5.92 Å². The fourth-order valence-electron chi connectivity index (χ4n) is 6.44. The molecule has 0 spiro atoms. The molecule has 2 N–H and O–H groups in total. The summed E-state index contributed by atoms with van der Waals surface area (Å²) in [6.07, 6.45) is 1.29. The van der Waals surface area contributed by atoms with Crippen molar-refractivity contribution < 1.29 is 61.2 Å². The first-order valence-corrected chi connectivity index (χ1v) is 23.0. The van der Waals surface area contributed by atoms with E-state index < -0.39 is 17.6 Å². The number of hydrogen-bond acceptors (Lipinski definition) is 15. The van der Waals surface area contributed by atoms with Crippen LogP contribution in [0.5, 0.6) is 23.0 Å². The number of allylic oxidation sites excluding steroid dienone is 1. The van der Waals surface area contributed by atoms with E-state index in [0.717, 1.165) is 48.4 Å². The van der Waals surface area contributed by atoms with Crippen molar-refractivity contribution in [3.05, 3.63) is 123 Å². The Morgan fingerprint density at radius 2 is 1.48 bits per heavy atom. The maximum Gasteiger partial charge on any atom is 2.00 e. The molecule has 352 valence electrons. The number of aromatic nitrogens is 4. The Morgan fingerprint density at radius 3 is 2.14 bits per heavy atom. The normalized spacial score (nSPS) is 11.5. The van der Waals surface area contributed by atoms with Crippen LogP contribution < -0.4 is 18.9 Å². The van der Waals surface area contributed by atoms with Gasteiger partial charge < -0.3 is 30.1 Å². The maximum atomic E-state index is 12.4. The number of thiocarbonyl (C=S) groups is 1. The number of isothiocyanates is 1. The number of thiophene rings is 3. The molecule has 1 aliphatic rings. The van der Waals surface area contributed by atoms with Crippen molar-refractivity contribution in [2.75, 3.05) is 13.2 Å². The van der Waals surface area contributed by atoms with Crippen molar-refractivity contribution in [3.63, 3.8) is 0 Å². The zero-order valence-corrected chi connectivity index (χ0v) is 41.4. The SMILES string of the molecule is CC#Cc1sc(-c2ccc(-c3ccnc(-c4cc(OC=O)cc(-c5cc(OC=O)ccn5)n4)c3)s2)c2c1OCCO2.CC(C)Cc1cscc1-c1ccnc(/C([NH-])=C/C(=N)C(F)(F)F)c1.[N-]=C=S.[Ru+2]. The van der Waals surface area contributed by atoms with Gasteiger partial charge in [-0.15, -0.1) is 34.3 Å². The second kappa shape index (κ2) is 25.0. The van der Waals surface area contributed by atoms with E-state index in [0.29, 0.717) is 72.4 Å². The first-order chi connectivity index (χ1) is 32.8. The van der Waals surface area contributed by atoms with Crippen molar-refractivity contribution in [1.29, 1.82) is 5.41 Å². The quantitative estimate of drug-likeness (QED) is 0.0380. The van der Waals surface area contributed by atoms with Crippen LogP contribution in [0.25, 0.3) is 70.9 Å². The number of nitrogens with zero attached hydrogens (tertiary/aromatic N) is 5. The van der Waals surface area contributed by atoms with Crippen LogP contribution in [-0.4, -0.2) is 63.1 Å². The number of pyridine rings is 4. The van der Waals surface area contributed by atoms with E-state index in [2.05, 4.69) is 64.3 Å². The van der Waals surface area contributed by atoms with E-state index in [1.54, 1.807) is 83.5 Å². The first-order valence-electron chi connectivity index (χ1n) is 20.0. The molecule has 0 aliphatic carbocycles. The molecular weight excluding hydrogens is 1060 g/mol. The number of alkyl halides is 3. The Bertz CT molecular complexity index is 3080. The molecule has 0 amide bonds. The summed E-state index contributed by atoms with van der Waals surface area (Å²) in [6.45, 7) is 7.71. The number of rotatable bonds is 13. The minimum absolute atomic E-state index is 0. The van der Waals surface area contributed by atoms with Gasteiger partial charge in [0.15, 0.2) is 11.5 Å². The molecule has 7 aromatic heterocycles. The van der Waals surface area contributed by atoms with Gasteiger partial charge in [-0.05, 0) is 101 Å². The number of fused-ring (bicyclic) bond motifs is 1. The summed E-state index contributed by atoms with van der Waals surface area (Å²) >= 11 is 8.44. The maximum absolute atomic E-state index is 12.4. The number of ether oxygens (including phenoxy) is 4. The van der Waals surface area contributed by atoms with Crippen LogP contribution in [0.15, 0.2) is 96.1 Å². The Kier molecular flexibility index (Phi) is 19.3. The van der Waals surface area contributed by atoms with E-state index in [1.807, 2.05) is 23.6 Å². The van der Waals surface area contributed by atoms with Gasteiger partial charge in [-0.3, -0.25) is 30.0 Å². The summed E-state index contributed by atoms with van der Waals surface area (Å²) < 4.78 is 59.2. The van der Waals surface area contributed by atoms with Gasteiger partial charge in [-0.1, -0.05) is 32.0 Å². The predicted octanol–water partition coefficient (Wildman–Crippen LogP) is 12.5. The summed E-state index contributed by atoms with van der Waals surface area (Å²) in [7, 11) is 0.